The summed E-state index contributed by atoms with van der Waals surface area (Å²) in [4.78, 5) is 25.6. The summed E-state index contributed by atoms with van der Waals surface area (Å²) in [5.41, 5.74) is 0. The Labute approximate surface area is 484 Å². The van der Waals surface area contributed by atoms with Crippen molar-refractivity contribution in [3.8, 4) is 0 Å². The molecule has 0 bridgehead atoms. The second-order valence-corrected chi connectivity index (χ2v) is 25.2. The summed E-state index contributed by atoms with van der Waals surface area (Å²) in [5.74, 6) is -0.168. The van der Waals surface area contributed by atoms with Crippen LogP contribution in [0.4, 0.5) is 0 Å². The Hall–Kier alpha value is -2.06. The molecule has 3 atom stereocenters. The van der Waals surface area contributed by atoms with Crippen molar-refractivity contribution in [2.45, 2.75) is 321 Å². The van der Waals surface area contributed by atoms with Crippen molar-refractivity contribution >= 4 is 13.7 Å². The number of aliphatic hydroxyl groups is 1. The van der Waals surface area contributed by atoms with Crippen LogP contribution < -0.4 is 10.2 Å². The van der Waals surface area contributed by atoms with Gasteiger partial charge in [0.05, 0.1) is 39.9 Å². The van der Waals surface area contributed by atoms with Gasteiger partial charge in [0.1, 0.15) is 13.2 Å². The van der Waals surface area contributed by atoms with Gasteiger partial charge in [-0.1, -0.05) is 311 Å². The highest BCUT2D eigenvalue weighted by atomic mass is 31.2. The fourth-order valence-corrected chi connectivity index (χ4v) is 10.5. The van der Waals surface area contributed by atoms with E-state index >= 15 is 0 Å². The number of amides is 1. The lowest BCUT2D eigenvalue weighted by Gasteiger charge is -2.30. The summed E-state index contributed by atoms with van der Waals surface area (Å²) in [5, 5.41) is 14.1. The van der Waals surface area contributed by atoms with E-state index in [-0.39, 0.29) is 19.1 Å². The number of carbonyl (C=O) groups excluding carboxylic acids is 1. The molecule has 0 aromatic rings. The zero-order valence-electron chi connectivity index (χ0n) is 52.1. The number of allylic oxidation sites excluding steroid dienone is 12. The molecule has 0 heterocycles. The van der Waals surface area contributed by atoms with Gasteiger partial charge in [-0.2, -0.15) is 0 Å². The quantitative estimate of drug-likeness (QED) is 0.0272. The first kappa shape index (κ1) is 75.9. The molecule has 0 radical (unpaired) electrons. The smallest absolute Gasteiger partial charge is 0.268 e. The summed E-state index contributed by atoms with van der Waals surface area (Å²) in [6.45, 7) is 4.64. The second-order valence-electron chi connectivity index (χ2n) is 23.8. The SMILES string of the molecule is CC/C=C\C/C=C\C/C=C\C/C=C\C/C=C\C/C=C\CCCCCCCCCCCCC(=O)NC(COP(=O)([O-])OCC[N+](C)(C)C)C(O)CCCCCCCCCCCCCCCCCCCCCCCCCCCCC. The number of phosphoric ester groups is 1. The second kappa shape index (κ2) is 59.6. The van der Waals surface area contributed by atoms with Gasteiger partial charge in [0.15, 0.2) is 0 Å². The van der Waals surface area contributed by atoms with Crippen molar-refractivity contribution in [3.63, 3.8) is 0 Å². The molecule has 0 aliphatic carbocycles. The molecular formula is C69H129N2O6P. The highest BCUT2D eigenvalue weighted by Crippen LogP contribution is 2.38. The van der Waals surface area contributed by atoms with Gasteiger partial charge in [0.25, 0.3) is 7.82 Å². The lowest BCUT2D eigenvalue weighted by Crippen LogP contribution is -2.46. The first-order valence-corrected chi connectivity index (χ1v) is 34.7. The predicted octanol–water partition coefficient (Wildman–Crippen LogP) is 20.4. The van der Waals surface area contributed by atoms with Gasteiger partial charge in [0, 0.05) is 6.42 Å². The van der Waals surface area contributed by atoms with Crippen molar-refractivity contribution in [1.82, 2.24) is 5.32 Å². The van der Waals surface area contributed by atoms with Crippen LogP contribution in [0.3, 0.4) is 0 Å². The van der Waals surface area contributed by atoms with E-state index in [0.29, 0.717) is 23.9 Å². The maximum Gasteiger partial charge on any atom is 0.268 e. The zero-order valence-corrected chi connectivity index (χ0v) is 53.0. The third-order valence-corrected chi connectivity index (χ3v) is 15.9. The first-order chi connectivity index (χ1) is 38.0. The summed E-state index contributed by atoms with van der Waals surface area (Å²) in [7, 11) is 1.30. The average Bonchev–Trinajstić information content (AvgIpc) is 3.41. The topological polar surface area (TPSA) is 108 Å². The molecule has 456 valence electrons. The molecule has 0 aromatic heterocycles. The minimum atomic E-state index is -4.58. The van der Waals surface area contributed by atoms with Crippen LogP contribution in [0.5, 0.6) is 0 Å². The van der Waals surface area contributed by atoms with Crippen LogP contribution in [0.15, 0.2) is 72.9 Å². The highest BCUT2D eigenvalue weighted by Gasteiger charge is 2.24. The minimum absolute atomic E-state index is 0.00912. The number of quaternary nitrogens is 1. The van der Waals surface area contributed by atoms with Crippen molar-refractivity contribution in [1.29, 1.82) is 0 Å². The monoisotopic (exact) mass is 1110 g/mol. The van der Waals surface area contributed by atoms with Crippen LogP contribution in [-0.2, 0) is 18.4 Å². The lowest BCUT2D eigenvalue weighted by atomic mass is 10.0. The molecule has 0 rings (SSSR count). The fourth-order valence-electron chi connectivity index (χ4n) is 9.81. The molecule has 78 heavy (non-hydrogen) atoms. The van der Waals surface area contributed by atoms with Crippen LogP contribution in [0.2, 0.25) is 0 Å². The number of rotatable bonds is 61. The number of carbonyl (C=O) groups is 1. The Bertz CT molecular complexity index is 1500. The number of hydrogen-bond acceptors (Lipinski definition) is 6. The summed E-state index contributed by atoms with van der Waals surface area (Å²) in [6.07, 6.45) is 82.4. The fraction of sp³-hybridized carbons (Fsp3) is 0.812. The number of nitrogens with one attached hydrogen (secondary N) is 1. The van der Waals surface area contributed by atoms with E-state index in [1.807, 2.05) is 21.1 Å². The molecule has 0 saturated carbocycles. The van der Waals surface area contributed by atoms with Crippen molar-refractivity contribution in [3.05, 3.63) is 72.9 Å². The van der Waals surface area contributed by atoms with Crippen molar-refractivity contribution in [2.24, 2.45) is 0 Å². The molecule has 2 N–H and O–H groups in total. The van der Waals surface area contributed by atoms with Gasteiger partial charge in [-0.05, 0) is 64.2 Å². The molecule has 0 saturated heterocycles. The molecule has 0 spiro atoms. The molecule has 0 aromatic carbocycles. The number of phosphoric acid groups is 1. The number of aliphatic hydroxyl groups excluding tert-OH is 1. The Morgan fingerprint density at radius 3 is 1.14 bits per heavy atom. The third-order valence-electron chi connectivity index (χ3n) is 15.0. The number of unbranched alkanes of at least 4 members (excludes halogenated alkanes) is 36. The molecule has 0 fully saturated rings. The van der Waals surface area contributed by atoms with Gasteiger partial charge in [-0.3, -0.25) is 9.36 Å². The van der Waals surface area contributed by atoms with E-state index in [4.69, 9.17) is 9.05 Å². The maximum absolute atomic E-state index is 13.0. The molecule has 9 heteroatoms. The minimum Gasteiger partial charge on any atom is -0.756 e. The zero-order chi connectivity index (χ0) is 57.0. The Morgan fingerprint density at radius 1 is 0.462 bits per heavy atom. The molecule has 0 aliphatic heterocycles. The normalized spacial score (nSPS) is 14.2. The first-order valence-electron chi connectivity index (χ1n) is 33.3. The van der Waals surface area contributed by atoms with Crippen molar-refractivity contribution < 1.29 is 32.9 Å². The standard InChI is InChI=1S/C69H129N2O6P/c1-6-8-10-12-14-16-18-20-22-24-26-28-30-32-34-35-37-39-41-43-45-47-49-51-53-55-57-59-61-63-69(73)70-67(66-77-78(74,75)76-65-64-71(3,4)5)68(72)62-60-58-56-54-52-50-48-46-44-42-40-38-36-33-31-29-27-25-23-21-19-17-15-13-11-9-7-2/h8,10,14,16,20,22,26,28,32,34,37,39,67-68,72H,6-7,9,11-13,15,17-19,21,23-25,27,29-31,33,35-36,38,40-66H2,1-5H3,(H-,70,73,74,75)/b10-8-,16-14-,22-20-,28-26-,34-32-,39-37-. The van der Waals surface area contributed by atoms with Gasteiger partial charge in [-0.25, -0.2) is 0 Å². The predicted molar refractivity (Wildman–Crippen MR) is 339 cm³/mol. The van der Waals surface area contributed by atoms with Crippen LogP contribution in [0.25, 0.3) is 0 Å². The molecule has 0 aliphatic rings. The summed E-state index contributed by atoms with van der Waals surface area (Å²) >= 11 is 0. The summed E-state index contributed by atoms with van der Waals surface area (Å²) in [6, 6.07) is -0.809. The van der Waals surface area contributed by atoms with Gasteiger partial charge in [-0.15, -0.1) is 0 Å². The number of likely N-dealkylation sites (N-methyl/N-ethyl adjacent to an activating group) is 1. The van der Waals surface area contributed by atoms with E-state index in [1.165, 1.54) is 199 Å². The van der Waals surface area contributed by atoms with E-state index in [9.17, 15) is 19.4 Å². The highest BCUT2D eigenvalue weighted by molar-refractivity contribution is 7.45. The van der Waals surface area contributed by atoms with E-state index in [2.05, 4.69) is 92.1 Å². The van der Waals surface area contributed by atoms with E-state index in [1.54, 1.807) is 0 Å². The van der Waals surface area contributed by atoms with E-state index in [0.717, 1.165) is 83.5 Å². The summed E-state index contributed by atoms with van der Waals surface area (Å²) < 4.78 is 23.5. The average molecular weight is 1110 g/mol. The molecule has 1 amide bonds. The van der Waals surface area contributed by atoms with Crippen LogP contribution in [0, 0.1) is 0 Å². The Morgan fingerprint density at radius 2 is 0.782 bits per heavy atom. The molecule has 8 nitrogen and oxygen atoms in total. The lowest BCUT2D eigenvalue weighted by molar-refractivity contribution is -0.870. The largest absolute Gasteiger partial charge is 0.756 e. The van der Waals surface area contributed by atoms with Gasteiger partial charge >= 0.3 is 0 Å². The number of hydrogen-bond donors (Lipinski definition) is 2. The van der Waals surface area contributed by atoms with Crippen molar-refractivity contribution in [2.75, 3.05) is 40.9 Å². The molecular weight excluding hydrogens is 984 g/mol. The van der Waals surface area contributed by atoms with Gasteiger partial charge in [0.2, 0.25) is 5.91 Å². The third kappa shape index (κ3) is 61.6. The van der Waals surface area contributed by atoms with Gasteiger partial charge < -0.3 is 28.8 Å². The molecule has 3 unspecified atom stereocenters. The van der Waals surface area contributed by atoms with E-state index < -0.39 is 20.0 Å². The maximum atomic E-state index is 13.0. The van der Waals surface area contributed by atoms with Crippen LogP contribution >= 0.6 is 7.82 Å². The van der Waals surface area contributed by atoms with Crippen LogP contribution in [0.1, 0.15) is 309 Å². The Balaban J connectivity index is 4.10. The number of nitrogens with zero attached hydrogens (tertiary/aromatic N) is 1. The Kier molecular flexibility index (Phi) is 58.0. The van der Waals surface area contributed by atoms with Crippen LogP contribution in [-0.4, -0.2) is 68.5 Å².